The number of nitrogens with zero attached hydrogens (tertiary/aromatic N) is 1. The summed E-state index contributed by atoms with van der Waals surface area (Å²) in [5.41, 5.74) is 5.92. The molecule has 0 bridgehead atoms. The zero-order chi connectivity index (χ0) is 15.6. The van der Waals surface area contributed by atoms with Crippen LogP contribution in [-0.2, 0) is 6.54 Å². The van der Waals surface area contributed by atoms with Crippen molar-refractivity contribution in [1.82, 2.24) is 0 Å². The van der Waals surface area contributed by atoms with Crippen molar-refractivity contribution >= 4 is 23.1 Å². The molecular formula is C15H14ClF2N3. The van der Waals surface area contributed by atoms with Crippen LogP contribution in [0.25, 0.3) is 0 Å². The molecule has 0 unspecified atom stereocenters. The van der Waals surface area contributed by atoms with Gasteiger partial charge in [-0.1, -0.05) is 23.7 Å². The van der Waals surface area contributed by atoms with Gasteiger partial charge >= 0.3 is 0 Å². The lowest BCUT2D eigenvalue weighted by Crippen LogP contribution is -2.20. The standard InChI is InChI=1S/C15H14ClF2N3/c1-21(8-9-3-2-4-11(16)5-9)14-12(17)6-10(15(19)20)7-13(14)18/h2-7H,8H2,1H3,(H3,19,20). The van der Waals surface area contributed by atoms with Crippen LogP contribution in [0.2, 0.25) is 5.02 Å². The van der Waals surface area contributed by atoms with E-state index in [0.717, 1.165) is 17.7 Å². The Kier molecular flexibility index (Phi) is 4.43. The Morgan fingerprint density at radius 3 is 2.38 bits per heavy atom. The highest BCUT2D eigenvalue weighted by atomic mass is 35.5. The molecule has 3 N–H and O–H groups in total. The normalized spacial score (nSPS) is 10.5. The highest BCUT2D eigenvalue weighted by Crippen LogP contribution is 2.25. The van der Waals surface area contributed by atoms with E-state index in [9.17, 15) is 8.78 Å². The zero-order valence-electron chi connectivity index (χ0n) is 11.3. The van der Waals surface area contributed by atoms with E-state index in [0.29, 0.717) is 11.6 Å². The number of halogens is 3. The first-order valence-corrected chi connectivity index (χ1v) is 6.55. The van der Waals surface area contributed by atoms with E-state index in [2.05, 4.69) is 0 Å². The Balaban J connectivity index is 2.31. The Bertz CT molecular complexity index is 665. The van der Waals surface area contributed by atoms with E-state index in [4.69, 9.17) is 22.7 Å². The second-order valence-electron chi connectivity index (χ2n) is 4.69. The van der Waals surface area contributed by atoms with Crippen molar-refractivity contribution in [3.8, 4) is 0 Å². The molecule has 0 spiro atoms. The molecule has 0 atom stereocenters. The SMILES string of the molecule is CN(Cc1cccc(Cl)c1)c1c(F)cc(C(=N)N)cc1F. The molecule has 0 saturated carbocycles. The highest BCUT2D eigenvalue weighted by Gasteiger charge is 2.16. The molecule has 0 radical (unpaired) electrons. The van der Waals surface area contributed by atoms with Gasteiger partial charge in [0, 0.05) is 24.2 Å². The van der Waals surface area contributed by atoms with E-state index in [-0.39, 0.29) is 17.1 Å². The Morgan fingerprint density at radius 2 is 1.86 bits per heavy atom. The number of hydrogen-bond donors (Lipinski definition) is 2. The lowest BCUT2D eigenvalue weighted by Gasteiger charge is -2.21. The maximum atomic E-state index is 14.0. The number of nitrogens with two attached hydrogens (primary N) is 1. The van der Waals surface area contributed by atoms with Gasteiger partial charge in [0.15, 0.2) is 0 Å². The summed E-state index contributed by atoms with van der Waals surface area (Å²) in [7, 11) is 1.58. The monoisotopic (exact) mass is 309 g/mol. The first-order valence-electron chi connectivity index (χ1n) is 6.17. The van der Waals surface area contributed by atoms with E-state index >= 15 is 0 Å². The van der Waals surface area contributed by atoms with Crippen molar-refractivity contribution in [1.29, 1.82) is 5.41 Å². The first kappa shape index (κ1) is 15.3. The van der Waals surface area contributed by atoms with Gasteiger partial charge in [0.25, 0.3) is 0 Å². The van der Waals surface area contributed by atoms with Gasteiger partial charge in [-0.3, -0.25) is 5.41 Å². The summed E-state index contributed by atoms with van der Waals surface area (Å²) < 4.78 is 28.1. The molecule has 110 valence electrons. The van der Waals surface area contributed by atoms with E-state index in [1.165, 1.54) is 4.90 Å². The van der Waals surface area contributed by atoms with Crippen LogP contribution >= 0.6 is 11.6 Å². The van der Waals surface area contributed by atoms with Crippen molar-refractivity contribution in [2.45, 2.75) is 6.54 Å². The fraction of sp³-hybridized carbons (Fsp3) is 0.133. The van der Waals surface area contributed by atoms with E-state index in [1.807, 2.05) is 6.07 Å². The first-order chi connectivity index (χ1) is 9.88. The fourth-order valence-corrected chi connectivity index (χ4v) is 2.29. The van der Waals surface area contributed by atoms with Crippen molar-refractivity contribution in [2.75, 3.05) is 11.9 Å². The lowest BCUT2D eigenvalue weighted by molar-refractivity contribution is 0.576. The van der Waals surface area contributed by atoms with Crippen LogP contribution in [-0.4, -0.2) is 12.9 Å². The van der Waals surface area contributed by atoms with Gasteiger partial charge in [0.1, 0.15) is 23.2 Å². The van der Waals surface area contributed by atoms with Crippen molar-refractivity contribution < 1.29 is 8.78 Å². The third-order valence-electron chi connectivity index (χ3n) is 3.02. The molecular weight excluding hydrogens is 296 g/mol. The molecule has 0 aromatic heterocycles. The number of anilines is 1. The van der Waals surface area contributed by atoms with Gasteiger partial charge in [0.05, 0.1) is 0 Å². The maximum absolute atomic E-state index is 14.0. The minimum absolute atomic E-state index is 0.0184. The van der Waals surface area contributed by atoms with Gasteiger partial charge in [-0.25, -0.2) is 8.78 Å². The molecule has 6 heteroatoms. The van der Waals surface area contributed by atoms with Crippen LogP contribution in [0, 0.1) is 17.0 Å². The fourth-order valence-electron chi connectivity index (χ4n) is 2.07. The third kappa shape index (κ3) is 3.49. The molecule has 0 heterocycles. The average molecular weight is 310 g/mol. The number of rotatable bonds is 4. The molecule has 0 fully saturated rings. The molecule has 2 aromatic rings. The van der Waals surface area contributed by atoms with Crippen LogP contribution in [0.1, 0.15) is 11.1 Å². The van der Waals surface area contributed by atoms with Crippen molar-refractivity contribution in [3.63, 3.8) is 0 Å². The number of nitrogens with one attached hydrogen (secondary N) is 1. The zero-order valence-corrected chi connectivity index (χ0v) is 12.1. The van der Waals surface area contributed by atoms with Crippen molar-refractivity contribution in [2.24, 2.45) is 5.73 Å². The average Bonchev–Trinajstić information content (AvgIpc) is 2.37. The van der Waals surface area contributed by atoms with Crippen molar-refractivity contribution in [3.05, 3.63) is 64.2 Å². The summed E-state index contributed by atoms with van der Waals surface area (Å²) in [4.78, 5) is 1.44. The van der Waals surface area contributed by atoms with Crippen LogP contribution in [0.5, 0.6) is 0 Å². The number of benzene rings is 2. The molecule has 0 amide bonds. The Hall–Kier alpha value is -2.14. The van der Waals surface area contributed by atoms with Crippen LogP contribution in [0.4, 0.5) is 14.5 Å². The van der Waals surface area contributed by atoms with Gasteiger partial charge in [-0.15, -0.1) is 0 Å². The van der Waals surface area contributed by atoms with Gasteiger partial charge < -0.3 is 10.6 Å². The topological polar surface area (TPSA) is 53.1 Å². The molecule has 21 heavy (non-hydrogen) atoms. The summed E-state index contributed by atoms with van der Waals surface area (Å²) in [5.74, 6) is -1.90. The summed E-state index contributed by atoms with van der Waals surface area (Å²) in [6.07, 6.45) is 0. The minimum atomic E-state index is -0.760. The second-order valence-corrected chi connectivity index (χ2v) is 5.12. The van der Waals surface area contributed by atoms with E-state index in [1.54, 1.807) is 25.2 Å². The predicted octanol–water partition coefficient (Wildman–Crippen LogP) is 3.54. The Morgan fingerprint density at radius 1 is 1.24 bits per heavy atom. The second kappa shape index (κ2) is 6.10. The largest absolute Gasteiger partial charge is 0.384 e. The summed E-state index contributed by atoms with van der Waals surface area (Å²) in [6, 6.07) is 9.16. The molecule has 0 aliphatic carbocycles. The number of hydrogen-bond acceptors (Lipinski definition) is 2. The molecule has 0 aliphatic heterocycles. The highest BCUT2D eigenvalue weighted by molar-refractivity contribution is 6.30. The van der Waals surface area contributed by atoms with Gasteiger partial charge in [-0.05, 0) is 29.8 Å². The number of nitrogen functional groups attached to an aromatic ring is 1. The molecule has 2 rings (SSSR count). The van der Waals surface area contributed by atoms with Gasteiger partial charge in [0.2, 0.25) is 0 Å². The molecule has 3 nitrogen and oxygen atoms in total. The quantitative estimate of drug-likeness (QED) is 0.670. The predicted molar refractivity (Wildman–Crippen MR) is 80.9 cm³/mol. The summed E-state index contributed by atoms with van der Waals surface area (Å²) in [5, 5.41) is 7.79. The minimum Gasteiger partial charge on any atom is -0.384 e. The maximum Gasteiger partial charge on any atom is 0.150 e. The lowest BCUT2D eigenvalue weighted by atomic mass is 10.1. The van der Waals surface area contributed by atoms with E-state index < -0.39 is 11.6 Å². The summed E-state index contributed by atoms with van der Waals surface area (Å²) in [6.45, 7) is 0.299. The van der Waals surface area contributed by atoms with Crippen LogP contribution in [0.3, 0.4) is 0 Å². The number of amidine groups is 1. The summed E-state index contributed by atoms with van der Waals surface area (Å²) >= 11 is 5.89. The molecule has 0 aliphatic rings. The third-order valence-corrected chi connectivity index (χ3v) is 3.25. The molecule has 0 saturated heterocycles. The van der Waals surface area contributed by atoms with Crippen LogP contribution in [0.15, 0.2) is 36.4 Å². The Labute approximate surface area is 126 Å². The smallest absolute Gasteiger partial charge is 0.150 e. The van der Waals surface area contributed by atoms with Crippen LogP contribution < -0.4 is 10.6 Å². The molecule has 2 aromatic carbocycles. The van der Waals surface area contributed by atoms with Gasteiger partial charge in [-0.2, -0.15) is 0 Å².